The molecular weight excluding hydrogens is 360 g/mol. The Bertz CT molecular complexity index is 795. The van der Waals surface area contributed by atoms with Gasteiger partial charge in [-0.1, -0.05) is 12.1 Å². The first kappa shape index (κ1) is 20.2. The Morgan fingerprint density at radius 1 is 1.15 bits per heavy atom. The second-order valence-electron chi connectivity index (χ2n) is 5.64. The molecule has 2 aromatic carbocycles. The van der Waals surface area contributed by atoms with Crippen molar-refractivity contribution in [3.63, 3.8) is 0 Å². The molecule has 2 N–H and O–H groups in total. The van der Waals surface area contributed by atoms with Crippen molar-refractivity contribution in [3.05, 3.63) is 59.7 Å². The van der Waals surface area contributed by atoms with Crippen molar-refractivity contribution in [3.8, 4) is 11.5 Å². The van der Waals surface area contributed by atoms with Gasteiger partial charge in [-0.2, -0.15) is 0 Å². The van der Waals surface area contributed by atoms with Gasteiger partial charge in [0.15, 0.2) is 17.6 Å². The summed E-state index contributed by atoms with van der Waals surface area (Å²) in [4.78, 5) is 23.4. The molecule has 0 saturated heterocycles. The normalized spacial score (nSPS) is 11.5. The highest BCUT2D eigenvalue weighted by atomic mass is 19.1. The zero-order valence-corrected chi connectivity index (χ0v) is 14.6. The maximum absolute atomic E-state index is 13.4. The predicted octanol–water partition coefficient (Wildman–Crippen LogP) is 3.07. The molecule has 0 radical (unpaired) electrons. The Morgan fingerprint density at radius 2 is 1.85 bits per heavy atom. The lowest BCUT2D eigenvalue weighted by atomic mass is 10.1. The van der Waals surface area contributed by atoms with Gasteiger partial charge in [0.25, 0.3) is 0 Å². The van der Waals surface area contributed by atoms with E-state index in [4.69, 9.17) is 9.47 Å². The van der Waals surface area contributed by atoms with Crippen LogP contribution in [0.2, 0.25) is 0 Å². The molecular formula is C19H19F2NO5. The van der Waals surface area contributed by atoms with Gasteiger partial charge in [0.05, 0.1) is 13.7 Å². The zero-order chi connectivity index (χ0) is 19.8. The molecule has 6 nitrogen and oxygen atoms in total. The number of carboxylic acid groups (broad SMARTS) is 1. The molecule has 2 aromatic rings. The van der Waals surface area contributed by atoms with E-state index >= 15 is 0 Å². The lowest BCUT2D eigenvalue weighted by molar-refractivity contribution is -0.142. The van der Waals surface area contributed by atoms with Gasteiger partial charge in [-0.25, -0.2) is 13.6 Å². The Balaban J connectivity index is 1.84. The van der Waals surface area contributed by atoms with Crippen LogP contribution in [-0.2, 0) is 9.59 Å². The molecule has 0 aliphatic heterocycles. The van der Waals surface area contributed by atoms with Gasteiger partial charge in [0, 0.05) is 12.5 Å². The first-order valence-electron chi connectivity index (χ1n) is 8.14. The molecule has 0 heterocycles. The second kappa shape index (κ2) is 9.51. The number of halogens is 2. The van der Waals surface area contributed by atoms with Gasteiger partial charge in [0.2, 0.25) is 5.91 Å². The molecule has 0 saturated carbocycles. The Labute approximate surface area is 154 Å². The topological polar surface area (TPSA) is 84.9 Å². The van der Waals surface area contributed by atoms with Crippen molar-refractivity contribution in [2.24, 2.45) is 0 Å². The van der Waals surface area contributed by atoms with Crippen LogP contribution in [0, 0.1) is 11.6 Å². The molecule has 2 rings (SSSR count). The van der Waals surface area contributed by atoms with Crippen LogP contribution in [0.3, 0.4) is 0 Å². The molecule has 0 fully saturated rings. The van der Waals surface area contributed by atoms with Crippen LogP contribution in [-0.4, -0.2) is 30.7 Å². The fourth-order valence-electron chi connectivity index (χ4n) is 2.32. The minimum atomic E-state index is -1.20. The van der Waals surface area contributed by atoms with E-state index in [0.717, 1.165) is 12.1 Å². The van der Waals surface area contributed by atoms with Gasteiger partial charge in [-0.05, 0) is 36.2 Å². The summed E-state index contributed by atoms with van der Waals surface area (Å²) >= 11 is 0. The number of carbonyl (C=O) groups excluding carboxylic acids is 1. The molecule has 0 aromatic heterocycles. The van der Waals surface area contributed by atoms with Gasteiger partial charge < -0.3 is 19.9 Å². The minimum absolute atomic E-state index is 0.0112. The van der Waals surface area contributed by atoms with E-state index in [1.165, 1.54) is 7.11 Å². The van der Waals surface area contributed by atoms with E-state index in [9.17, 15) is 23.5 Å². The summed E-state index contributed by atoms with van der Waals surface area (Å²) in [7, 11) is 1.49. The van der Waals surface area contributed by atoms with Crippen molar-refractivity contribution in [2.75, 3.05) is 13.7 Å². The zero-order valence-electron chi connectivity index (χ0n) is 14.6. The SMILES string of the molecule is COc1ccc(C(NC(=O)CCCOc2ccc(F)cc2F)C(=O)O)cc1. The average Bonchev–Trinajstić information content (AvgIpc) is 2.64. The molecule has 1 atom stereocenters. The second-order valence-corrected chi connectivity index (χ2v) is 5.64. The lowest BCUT2D eigenvalue weighted by Gasteiger charge is -2.15. The van der Waals surface area contributed by atoms with Crippen LogP contribution >= 0.6 is 0 Å². The third-order valence-corrected chi connectivity index (χ3v) is 3.70. The summed E-state index contributed by atoms with van der Waals surface area (Å²) < 4.78 is 36.4. The molecule has 0 aliphatic carbocycles. The Hall–Kier alpha value is -3.16. The van der Waals surface area contributed by atoms with E-state index in [2.05, 4.69) is 5.32 Å². The fourth-order valence-corrected chi connectivity index (χ4v) is 2.32. The fraction of sp³-hybridized carbons (Fsp3) is 0.263. The summed E-state index contributed by atoms with van der Waals surface area (Å²) in [6.45, 7) is 0.0241. The van der Waals surface area contributed by atoms with Crippen molar-refractivity contribution in [1.29, 1.82) is 0 Å². The number of hydrogen-bond donors (Lipinski definition) is 2. The van der Waals surface area contributed by atoms with Crippen molar-refractivity contribution >= 4 is 11.9 Å². The van der Waals surface area contributed by atoms with Crippen LogP contribution in [0.15, 0.2) is 42.5 Å². The lowest BCUT2D eigenvalue weighted by Crippen LogP contribution is -2.33. The first-order valence-corrected chi connectivity index (χ1v) is 8.14. The number of carboxylic acids is 1. The monoisotopic (exact) mass is 379 g/mol. The van der Waals surface area contributed by atoms with E-state index in [0.29, 0.717) is 17.4 Å². The Kier molecular flexibility index (Phi) is 7.10. The third-order valence-electron chi connectivity index (χ3n) is 3.70. The number of methoxy groups -OCH3 is 1. The van der Waals surface area contributed by atoms with Gasteiger partial charge >= 0.3 is 5.97 Å². The van der Waals surface area contributed by atoms with Crippen molar-refractivity contribution in [2.45, 2.75) is 18.9 Å². The maximum atomic E-state index is 13.4. The number of rotatable bonds is 9. The number of hydrogen-bond acceptors (Lipinski definition) is 4. The Morgan fingerprint density at radius 3 is 2.44 bits per heavy atom. The highest BCUT2D eigenvalue weighted by Crippen LogP contribution is 2.19. The predicted molar refractivity (Wildman–Crippen MR) is 92.6 cm³/mol. The highest BCUT2D eigenvalue weighted by Gasteiger charge is 2.21. The number of carbonyl (C=O) groups is 2. The van der Waals surface area contributed by atoms with Crippen LogP contribution < -0.4 is 14.8 Å². The van der Waals surface area contributed by atoms with Crippen LogP contribution in [0.1, 0.15) is 24.4 Å². The number of ether oxygens (including phenoxy) is 2. The van der Waals surface area contributed by atoms with Gasteiger partial charge in [0.1, 0.15) is 11.6 Å². The smallest absolute Gasteiger partial charge is 0.330 e. The molecule has 144 valence electrons. The third kappa shape index (κ3) is 5.95. The van der Waals surface area contributed by atoms with Crippen molar-refractivity contribution < 1.29 is 33.0 Å². The molecule has 1 amide bonds. The summed E-state index contributed by atoms with van der Waals surface area (Å²) in [5.74, 6) is -2.76. The molecule has 27 heavy (non-hydrogen) atoms. The molecule has 0 bridgehead atoms. The quantitative estimate of drug-likeness (QED) is 0.654. The summed E-state index contributed by atoms with van der Waals surface area (Å²) in [5.41, 5.74) is 0.404. The van der Waals surface area contributed by atoms with E-state index in [-0.39, 0.29) is 25.2 Å². The molecule has 1 unspecified atom stereocenters. The standard InChI is InChI=1S/C19H19F2NO5/c1-26-14-7-4-12(5-8-14)18(19(24)25)22-17(23)3-2-10-27-16-9-6-13(20)11-15(16)21/h4-9,11,18H,2-3,10H2,1H3,(H,22,23)(H,24,25). The van der Waals surface area contributed by atoms with Gasteiger partial charge in [-0.15, -0.1) is 0 Å². The number of aliphatic carboxylic acids is 1. The number of benzene rings is 2. The summed E-state index contributed by atoms with van der Waals surface area (Å²) in [6, 6.07) is 8.04. The molecule has 0 aliphatic rings. The first-order chi connectivity index (χ1) is 12.9. The van der Waals surface area contributed by atoms with Crippen molar-refractivity contribution in [1.82, 2.24) is 5.32 Å². The number of nitrogens with one attached hydrogen (secondary N) is 1. The van der Waals surface area contributed by atoms with Gasteiger partial charge in [-0.3, -0.25) is 4.79 Å². The molecule has 0 spiro atoms. The van der Waals surface area contributed by atoms with Crippen LogP contribution in [0.5, 0.6) is 11.5 Å². The van der Waals surface area contributed by atoms with Crippen LogP contribution in [0.4, 0.5) is 8.78 Å². The highest BCUT2D eigenvalue weighted by molar-refractivity contribution is 5.84. The largest absolute Gasteiger partial charge is 0.497 e. The summed E-state index contributed by atoms with van der Waals surface area (Å²) in [5, 5.41) is 11.8. The van der Waals surface area contributed by atoms with E-state index in [1.54, 1.807) is 24.3 Å². The van der Waals surface area contributed by atoms with Crippen LogP contribution in [0.25, 0.3) is 0 Å². The summed E-state index contributed by atoms with van der Waals surface area (Å²) in [6.07, 6.45) is 0.223. The maximum Gasteiger partial charge on any atom is 0.330 e. The average molecular weight is 379 g/mol. The van der Waals surface area contributed by atoms with E-state index < -0.39 is 29.6 Å². The number of amides is 1. The van der Waals surface area contributed by atoms with E-state index in [1.807, 2.05) is 0 Å². The minimum Gasteiger partial charge on any atom is -0.497 e. The molecule has 8 heteroatoms.